The molecule has 1 aliphatic heterocycles. The van der Waals surface area contributed by atoms with Crippen LogP contribution in [-0.4, -0.2) is 10.1 Å². The Kier molecular flexibility index (Phi) is 7.83. The van der Waals surface area contributed by atoms with Crippen LogP contribution >= 0.6 is 11.6 Å². The first-order chi connectivity index (χ1) is 23.9. The number of hydrogen-bond acceptors (Lipinski definition) is 5. The molecule has 5 aromatic carbocycles. The maximum absolute atomic E-state index is 12.7. The molecule has 0 radical (unpaired) electrons. The number of aryl methyl sites for hydroxylation is 1. The molecule has 0 spiro atoms. The van der Waals surface area contributed by atoms with Gasteiger partial charge in [-0.05, 0) is 71.1 Å². The van der Waals surface area contributed by atoms with Crippen molar-refractivity contribution < 1.29 is 9.52 Å². The third-order valence-electron chi connectivity index (χ3n) is 9.08. The van der Waals surface area contributed by atoms with Gasteiger partial charge < -0.3 is 14.8 Å². The van der Waals surface area contributed by atoms with Crippen molar-refractivity contribution in [3.05, 3.63) is 171 Å². The zero-order chi connectivity index (χ0) is 33.5. The molecular weight excluding hydrogens is 628 g/mol. The Labute approximate surface area is 288 Å². The van der Waals surface area contributed by atoms with E-state index >= 15 is 0 Å². The largest absolute Gasteiger partial charge is 0.507 e. The van der Waals surface area contributed by atoms with Crippen LogP contribution in [0.25, 0.3) is 55.4 Å². The molecule has 5 nitrogen and oxygen atoms in total. The lowest BCUT2D eigenvalue weighted by Gasteiger charge is -2.20. The van der Waals surface area contributed by atoms with Gasteiger partial charge in [-0.1, -0.05) is 103 Å². The Balaban J connectivity index is 1.29. The Hall–Kier alpha value is -5.91. The van der Waals surface area contributed by atoms with Gasteiger partial charge >= 0.3 is 0 Å². The highest BCUT2D eigenvalue weighted by Gasteiger charge is 2.23. The standard InChI is InChI=1S/C43H31ClN2O3/c1-26-10-8-9-15-32(26)41-33-18-19-38(47)35(43(33)49-40-24-39(48)36(44)23-34(40)41)25-45-37-22-30(28-13-6-3-7-14-28)21-29-16-17-31(46-42(29)37)20-27-11-4-2-5-12-27/h2-19,21-24,45,47H,20,25H2,1H3. The fourth-order valence-electron chi connectivity index (χ4n) is 6.61. The van der Waals surface area contributed by atoms with Gasteiger partial charge in [0, 0.05) is 46.6 Å². The number of aromatic hydroxyl groups is 1. The summed E-state index contributed by atoms with van der Waals surface area (Å²) in [4.78, 5) is 17.8. The predicted octanol–water partition coefficient (Wildman–Crippen LogP) is 10.7. The van der Waals surface area contributed by atoms with Crippen molar-refractivity contribution in [2.45, 2.75) is 19.9 Å². The number of phenolic OH excluding ortho intramolecular Hbond substituents is 1. The molecule has 0 saturated carbocycles. The van der Waals surface area contributed by atoms with Gasteiger partial charge in [-0.15, -0.1) is 0 Å². The molecule has 6 heteroatoms. The van der Waals surface area contributed by atoms with Gasteiger partial charge in [0.2, 0.25) is 5.43 Å². The lowest BCUT2D eigenvalue weighted by atomic mass is 9.90. The zero-order valence-electron chi connectivity index (χ0n) is 26.7. The van der Waals surface area contributed by atoms with Crippen LogP contribution in [0.5, 0.6) is 5.75 Å². The van der Waals surface area contributed by atoms with Crippen molar-refractivity contribution in [3.8, 4) is 39.3 Å². The number of aromatic nitrogens is 1. The zero-order valence-corrected chi connectivity index (χ0v) is 27.5. The molecule has 1 aromatic heterocycles. The SMILES string of the molecule is Cc1ccccc1-c1c2cc(Cl)c(=O)cc-2oc2c(CNc3cc(-c4ccccc4)cc4ccc(Cc5ccccc5)nc34)c(O)ccc12. The second-order valence-electron chi connectivity index (χ2n) is 12.3. The summed E-state index contributed by atoms with van der Waals surface area (Å²) in [5.41, 5.74) is 10.3. The van der Waals surface area contributed by atoms with Crippen LogP contribution in [0.4, 0.5) is 5.69 Å². The van der Waals surface area contributed by atoms with E-state index in [4.69, 9.17) is 21.0 Å². The van der Waals surface area contributed by atoms with Crippen LogP contribution in [0, 0.1) is 6.92 Å². The van der Waals surface area contributed by atoms with E-state index in [0.29, 0.717) is 23.3 Å². The first-order valence-corrected chi connectivity index (χ1v) is 16.5. The van der Waals surface area contributed by atoms with E-state index in [1.54, 1.807) is 12.1 Å². The number of pyridine rings is 1. The molecule has 6 aromatic rings. The highest BCUT2D eigenvalue weighted by Crippen LogP contribution is 2.44. The van der Waals surface area contributed by atoms with Crippen molar-refractivity contribution >= 4 is 39.2 Å². The first kappa shape index (κ1) is 30.4. The number of fused-ring (bicyclic) bond motifs is 3. The number of nitrogens with one attached hydrogen (secondary N) is 1. The van der Waals surface area contributed by atoms with Gasteiger partial charge in [0.15, 0.2) is 0 Å². The number of phenols is 1. The molecule has 0 bridgehead atoms. The summed E-state index contributed by atoms with van der Waals surface area (Å²) in [5, 5.41) is 16.9. The Morgan fingerprint density at radius 2 is 1.53 bits per heavy atom. The Bertz CT molecular complexity index is 2530. The second-order valence-corrected chi connectivity index (χ2v) is 12.7. The maximum Gasteiger partial charge on any atom is 0.200 e. The minimum atomic E-state index is -0.325. The summed E-state index contributed by atoms with van der Waals surface area (Å²) in [6.07, 6.45) is 0.708. The van der Waals surface area contributed by atoms with E-state index in [1.165, 1.54) is 11.6 Å². The number of rotatable bonds is 7. The molecule has 8 rings (SSSR count). The molecular formula is C43H31ClN2O3. The quantitative estimate of drug-likeness (QED) is 0.167. The topological polar surface area (TPSA) is 75.4 Å². The minimum Gasteiger partial charge on any atom is -0.507 e. The summed E-state index contributed by atoms with van der Waals surface area (Å²) in [5.74, 6) is 0.479. The number of benzene rings is 6. The van der Waals surface area contributed by atoms with Gasteiger partial charge in [0.05, 0.1) is 21.8 Å². The molecule has 1 aliphatic carbocycles. The average molecular weight is 659 g/mol. The van der Waals surface area contributed by atoms with E-state index in [-0.39, 0.29) is 22.7 Å². The fraction of sp³-hybridized carbons (Fsp3) is 0.0698. The van der Waals surface area contributed by atoms with Gasteiger partial charge in [-0.3, -0.25) is 9.78 Å². The van der Waals surface area contributed by atoms with Crippen LogP contribution in [0.3, 0.4) is 0 Å². The van der Waals surface area contributed by atoms with E-state index in [9.17, 15) is 9.90 Å². The van der Waals surface area contributed by atoms with Crippen LogP contribution in [0.15, 0.2) is 143 Å². The lowest BCUT2D eigenvalue weighted by molar-refractivity contribution is 0.467. The Morgan fingerprint density at radius 3 is 2.33 bits per heavy atom. The highest BCUT2D eigenvalue weighted by atomic mass is 35.5. The van der Waals surface area contributed by atoms with Crippen molar-refractivity contribution in [2.75, 3.05) is 5.32 Å². The van der Waals surface area contributed by atoms with Gasteiger partial charge in [-0.25, -0.2) is 0 Å². The normalized spacial score (nSPS) is 11.4. The van der Waals surface area contributed by atoms with Crippen LogP contribution < -0.4 is 10.7 Å². The number of nitrogens with zero attached hydrogens (tertiary/aromatic N) is 1. The van der Waals surface area contributed by atoms with E-state index in [2.05, 4.69) is 53.8 Å². The maximum atomic E-state index is 12.7. The van der Waals surface area contributed by atoms with E-state index < -0.39 is 0 Å². The smallest absolute Gasteiger partial charge is 0.200 e. The molecule has 0 amide bonds. The lowest BCUT2D eigenvalue weighted by Crippen LogP contribution is -2.06. The number of halogens is 1. The van der Waals surface area contributed by atoms with Crippen molar-refractivity contribution in [1.29, 1.82) is 0 Å². The van der Waals surface area contributed by atoms with E-state index in [1.807, 2.05) is 73.7 Å². The molecule has 2 N–H and O–H groups in total. The van der Waals surface area contributed by atoms with Gasteiger partial charge in [-0.2, -0.15) is 0 Å². The average Bonchev–Trinajstić information content (AvgIpc) is 3.12. The molecule has 2 aliphatic rings. The third-order valence-corrected chi connectivity index (χ3v) is 9.37. The minimum absolute atomic E-state index is 0.0800. The van der Waals surface area contributed by atoms with Gasteiger partial charge in [0.25, 0.3) is 0 Å². The third kappa shape index (κ3) is 5.79. The summed E-state index contributed by atoms with van der Waals surface area (Å²) in [7, 11) is 0. The summed E-state index contributed by atoms with van der Waals surface area (Å²) >= 11 is 6.36. The van der Waals surface area contributed by atoms with Crippen LogP contribution in [-0.2, 0) is 13.0 Å². The first-order valence-electron chi connectivity index (χ1n) is 16.2. The number of anilines is 1. The molecule has 0 atom stereocenters. The Morgan fingerprint density at radius 1 is 0.776 bits per heavy atom. The molecule has 2 heterocycles. The summed E-state index contributed by atoms with van der Waals surface area (Å²) in [6.45, 7) is 2.29. The highest BCUT2D eigenvalue weighted by molar-refractivity contribution is 6.31. The molecule has 0 fully saturated rings. The van der Waals surface area contributed by atoms with Crippen LogP contribution in [0.2, 0.25) is 5.02 Å². The summed E-state index contributed by atoms with van der Waals surface area (Å²) in [6, 6.07) is 43.8. The predicted molar refractivity (Wildman–Crippen MR) is 200 cm³/mol. The van der Waals surface area contributed by atoms with Crippen molar-refractivity contribution in [1.82, 2.24) is 4.98 Å². The van der Waals surface area contributed by atoms with Gasteiger partial charge in [0.1, 0.15) is 17.1 Å². The molecule has 0 saturated heterocycles. The van der Waals surface area contributed by atoms with E-state index in [0.717, 1.165) is 61.1 Å². The van der Waals surface area contributed by atoms with Crippen molar-refractivity contribution in [2.24, 2.45) is 0 Å². The number of hydrogen-bond donors (Lipinski definition) is 2. The van der Waals surface area contributed by atoms with Crippen LogP contribution in [0.1, 0.15) is 22.4 Å². The molecule has 0 unspecified atom stereocenters. The van der Waals surface area contributed by atoms with Crippen molar-refractivity contribution in [3.63, 3.8) is 0 Å². The monoisotopic (exact) mass is 658 g/mol. The molecule has 49 heavy (non-hydrogen) atoms. The fourth-order valence-corrected chi connectivity index (χ4v) is 6.77. The second kappa shape index (κ2) is 12.6. The molecule has 238 valence electrons. The summed E-state index contributed by atoms with van der Waals surface area (Å²) < 4.78 is 6.48.